The van der Waals surface area contributed by atoms with Gasteiger partial charge >= 0.3 is 0 Å². The largest absolute Gasteiger partial charge is 0.393 e. The van der Waals surface area contributed by atoms with Gasteiger partial charge in [-0.15, -0.1) is 6.58 Å². The number of fused-ring (bicyclic) bond motifs is 5. The molecule has 0 spiro atoms. The zero-order valence-electron chi connectivity index (χ0n) is 20.9. The van der Waals surface area contributed by atoms with Gasteiger partial charge in [0.2, 0.25) is 0 Å². The number of aliphatic hydroxyl groups excluding tert-OH is 1. The van der Waals surface area contributed by atoms with E-state index in [1.807, 2.05) is 0 Å². The Balaban J connectivity index is 1.56. The van der Waals surface area contributed by atoms with Gasteiger partial charge in [0.1, 0.15) is 5.78 Å². The average molecular weight is 429 g/mol. The van der Waals surface area contributed by atoms with Gasteiger partial charge in [-0.3, -0.25) is 4.79 Å². The number of aliphatic hydroxyl groups is 1. The monoisotopic (exact) mass is 428 g/mol. The van der Waals surface area contributed by atoms with Crippen LogP contribution in [0.4, 0.5) is 0 Å². The predicted molar refractivity (Wildman–Crippen MR) is 129 cm³/mol. The molecule has 0 aromatic carbocycles. The summed E-state index contributed by atoms with van der Waals surface area (Å²) in [7, 11) is 0. The van der Waals surface area contributed by atoms with Crippen molar-refractivity contribution in [2.24, 2.45) is 58.2 Å². The molecule has 4 aliphatic carbocycles. The summed E-state index contributed by atoms with van der Waals surface area (Å²) in [6.45, 7) is 16.3. The maximum atomic E-state index is 13.5. The minimum atomic E-state index is -0.335. The summed E-state index contributed by atoms with van der Waals surface area (Å²) in [4.78, 5) is 13.5. The lowest BCUT2D eigenvalue weighted by molar-refractivity contribution is -0.168. The number of ketones is 1. The van der Waals surface area contributed by atoms with E-state index < -0.39 is 0 Å². The van der Waals surface area contributed by atoms with Crippen molar-refractivity contribution in [3.63, 3.8) is 0 Å². The minimum Gasteiger partial charge on any atom is -0.393 e. The Bertz CT molecular complexity index is 682. The highest BCUT2D eigenvalue weighted by atomic mass is 16.3. The summed E-state index contributed by atoms with van der Waals surface area (Å²) < 4.78 is 0. The molecule has 2 nitrogen and oxygen atoms in total. The van der Waals surface area contributed by atoms with Crippen molar-refractivity contribution in [1.29, 1.82) is 0 Å². The molecule has 31 heavy (non-hydrogen) atoms. The fourth-order valence-corrected chi connectivity index (χ4v) is 9.53. The molecule has 0 radical (unpaired) electrons. The Morgan fingerprint density at radius 1 is 1.10 bits per heavy atom. The third-order valence-corrected chi connectivity index (χ3v) is 11.1. The van der Waals surface area contributed by atoms with Crippen LogP contribution in [0.5, 0.6) is 0 Å². The van der Waals surface area contributed by atoms with Crippen molar-refractivity contribution in [3.8, 4) is 0 Å². The summed E-state index contributed by atoms with van der Waals surface area (Å²) in [6.07, 6.45) is 13.4. The first-order valence-corrected chi connectivity index (χ1v) is 13.5. The van der Waals surface area contributed by atoms with E-state index in [0.717, 1.165) is 30.6 Å². The molecule has 1 N–H and O–H groups in total. The van der Waals surface area contributed by atoms with E-state index in [4.69, 9.17) is 0 Å². The van der Waals surface area contributed by atoms with E-state index in [1.165, 1.54) is 44.9 Å². The standard InChI is InChI=1S/C29H48O2/c1-7-20-15-21(30)16-26-27(31)17-22-24-12-11-23(19(4)10-8-9-18(2)3)28(24,5)14-13-25(22)29(20,26)6/h7,18-26,30H,1,8-17H2,2-6H3/t19-,20?,21?,22+,23-,24+,25+,26?,28-,29-/m1/s1. The molecule has 0 aromatic heterocycles. The maximum absolute atomic E-state index is 13.5. The van der Waals surface area contributed by atoms with Gasteiger partial charge in [-0.05, 0) is 90.8 Å². The van der Waals surface area contributed by atoms with Crippen LogP contribution in [-0.4, -0.2) is 17.0 Å². The van der Waals surface area contributed by atoms with Gasteiger partial charge < -0.3 is 5.11 Å². The summed E-state index contributed by atoms with van der Waals surface area (Å²) >= 11 is 0. The normalized spacial score (nSPS) is 48.1. The van der Waals surface area contributed by atoms with Gasteiger partial charge in [0.25, 0.3) is 0 Å². The third-order valence-electron chi connectivity index (χ3n) is 11.1. The highest BCUT2D eigenvalue weighted by Crippen LogP contribution is 2.68. The SMILES string of the molecule is C=CC1CC(O)CC2C(=O)C[C@@H]3[C@H](CC[C@]4(C)[C@@H]([C@H](C)CCCC(C)C)CC[C@@H]34)[C@@]12C. The molecule has 3 unspecified atom stereocenters. The predicted octanol–water partition coefficient (Wildman–Crippen LogP) is 7.06. The quantitative estimate of drug-likeness (QED) is 0.460. The van der Waals surface area contributed by atoms with E-state index in [-0.39, 0.29) is 23.4 Å². The van der Waals surface area contributed by atoms with Crippen molar-refractivity contribution in [2.45, 2.75) is 105 Å². The Morgan fingerprint density at radius 2 is 1.84 bits per heavy atom. The Hall–Kier alpha value is -0.630. The summed E-state index contributed by atoms with van der Waals surface area (Å²) in [6, 6.07) is 0. The first kappa shape index (κ1) is 23.5. The second-order valence-electron chi connectivity index (χ2n) is 13.0. The molecule has 2 heteroatoms. The minimum absolute atomic E-state index is 0.00325. The van der Waals surface area contributed by atoms with Gasteiger partial charge in [-0.1, -0.05) is 60.0 Å². The molecule has 176 valence electrons. The molecular formula is C29H48O2. The number of allylic oxidation sites excluding steroid dienone is 1. The molecule has 4 saturated carbocycles. The zero-order chi connectivity index (χ0) is 22.6. The second-order valence-corrected chi connectivity index (χ2v) is 13.0. The van der Waals surface area contributed by atoms with E-state index in [0.29, 0.717) is 35.4 Å². The van der Waals surface area contributed by atoms with Gasteiger partial charge in [0.05, 0.1) is 6.10 Å². The van der Waals surface area contributed by atoms with Crippen LogP contribution >= 0.6 is 0 Å². The van der Waals surface area contributed by atoms with E-state index in [1.54, 1.807) is 0 Å². The summed E-state index contributed by atoms with van der Waals surface area (Å²) in [5.41, 5.74) is 0.420. The van der Waals surface area contributed by atoms with Gasteiger partial charge in [-0.2, -0.15) is 0 Å². The third kappa shape index (κ3) is 3.77. The highest BCUT2D eigenvalue weighted by molar-refractivity contribution is 5.83. The van der Waals surface area contributed by atoms with Crippen LogP contribution in [0, 0.1) is 58.2 Å². The van der Waals surface area contributed by atoms with Crippen LogP contribution in [-0.2, 0) is 4.79 Å². The zero-order valence-corrected chi connectivity index (χ0v) is 20.9. The maximum Gasteiger partial charge on any atom is 0.136 e. The molecule has 0 amide bonds. The van der Waals surface area contributed by atoms with E-state index in [9.17, 15) is 9.90 Å². The molecule has 0 aliphatic heterocycles. The van der Waals surface area contributed by atoms with Crippen molar-refractivity contribution in [1.82, 2.24) is 0 Å². The van der Waals surface area contributed by atoms with Gasteiger partial charge in [-0.25, -0.2) is 0 Å². The van der Waals surface area contributed by atoms with Crippen molar-refractivity contribution >= 4 is 5.78 Å². The molecule has 4 rings (SSSR count). The first-order chi connectivity index (χ1) is 14.6. The molecule has 0 aromatic rings. The lowest BCUT2D eigenvalue weighted by Gasteiger charge is -2.62. The first-order valence-electron chi connectivity index (χ1n) is 13.5. The number of Topliss-reactive ketones (excluding diaryl/α,β-unsaturated/α-hetero) is 1. The van der Waals surface area contributed by atoms with Crippen LogP contribution in [0.3, 0.4) is 0 Å². The van der Waals surface area contributed by atoms with Crippen LogP contribution in [0.25, 0.3) is 0 Å². The van der Waals surface area contributed by atoms with E-state index in [2.05, 4.69) is 47.3 Å². The van der Waals surface area contributed by atoms with Crippen molar-refractivity contribution < 1.29 is 9.90 Å². The number of hydrogen-bond acceptors (Lipinski definition) is 2. The Labute approximate surface area is 191 Å². The lowest BCUT2D eigenvalue weighted by atomic mass is 9.42. The summed E-state index contributed by atoms with van der Waals surface area (Å²) in [5.74, 6) is 5.09. The average Bonchev–Trinajstić information content (AvgIpc) is 3.06. The van der Waals surface area contributed by atoms with Crippen molar-refractivity contribution in [2.75, 3.05) is 0 Å². The van der Waals surface area contributed by atoms with Crippen LogP contribution < -0.4 is 0 Å². The molecule has 0 heterocycles. The topological polar surface area (TPSA) is 37.3 Å². The number of carbonyl (C=O) groups is 1. The summed E-state index contributed by atoms with van der Waals surface area (Å²) in [5, 5.41) is 10.5. The molecule has 4 aliphatic rings. The Kier molecular flexibility index (Phi) is 6.54. The molecule has 4 fully saturated rings. The van der Waals surface area contributed by atoms with Crippen LogP contribution in [0.1, 0.15) is 98.8 Å². The number of hydrogen-bond donors (Lipinski definition) is 1. The van der Waals surface area contributed by atoms with Crippen molar-refractivity contribution in [3.05, 3.63) is 12.7 Å². The number of rotatable bonds is 6. The molecule has 0 bridgehead atoms. The second kappa shape index (κ2) is 8.62. The lowest BCUT2D eigenvalue weighted by Crippen LogP contribution is -2.60. The molecular weight excluding hydrogens is 380 g/mol. The van der Waals surface area contributed by atoms with Crippen LogP contribution in [0.2, 0.25) is 0 Å². The highest BCUT2D eigenvalue weighted by Gasteiger charge is 2.64. The van der Waals surface area contributed by atoms with Crippen LogP contribution in [0.15, 0.2) is 12.7 Å². The fourth-order valence-electron chi connectivity index (χ4n) is 9.53. The fraction of sp³-hybridized carbons (Fsp3) is 0.897. The molecule has 10 atom stereocenters. The van der Waals surface area contributed by atoms with Gasteiger partial charge in [0, 0.05) is 12.3 Å². The Morgan fingerprint density at radius 3 is 2.52 bits per heavy atom. The van der Waals surface area contributed by atoms with E-state index >= 15 is 0 Å². The van der Waals surface area contributed by atoms with Gasteiger partial charge in [0.15, 0.2) is 0 Å². The molecule has 0 saturated heterocycles. The number of carbonyl (C=O) groups excluding carboxylic acids is 1. The smallest absolute Gasteiger partial charge is 0.136 e.